The van der Waals surface area contributed by atoms with E-state index in [4.69, 9.17) is 0 Å². The Morgan fingerprint density at radius 3 is 2.33 bits per heavy atom. The minimum atomic E-state index is 0.203. The van der Waals surface area contributed by atoms with E-state index in [9.17, 15) is 4.79 Å². The SMILES string of the molecule is CCN(CCC(=O)c1ccc(Br)cc1)Cc1ccccc1. The fourth-order valence-corrected chi connectivity index (χ4v) is 2.49. The molecule has 0 saturated heterocycles. The van der Waals surface area contributed by atoms with Crippen LogP contribution in [0.15, 0.2) is 59.1 Å². The third-order valence-electron chi connectivity index (χ3n) is 3.52. The number of ketones is 1. The van der Waals surface area contributed by atoms with Gasteiger partial charge >= 0.3 is 0 Å². The van der Waals surface area contributed by atoms with Crippen molar-refractivity contribution in [2.45, 2.75) is 19.9 Å². The lowest BCUT2D eigenvalue weighted by molar-refractivity contribution is 0.0963. The van der Waals surface area contributed by atoms with Gasteiger partial charge < -0.3 is 0 Å². The highest BCUT2D eigenvalue weighted by atomic mass is 79.9. The van der Waals surface area contributed by atoms with E-state index >= 15 is 0 Å². The standard InChI is InChI=1S/C18H20BrNO/c1-2-20(14-15-6-4-3-5-7-15)13-12-18(21)16-8-10-17(19)11-9-16/h3-11H,2,12-14H2,1H3. The van der Waals surface area contributed by atoms with Crippen LogP contribution in [0.25, 0.3) is 0 Å². The van der Waals surface area contributed by atoms with E-state index in [-0.39, 0.29) is 5.78 Å². The molecule has 0 unspecified atom stereocenters. The van der Waals surface area contributed by atoms with Crippen LogP contribution in [0.3, 0.4) is 0 Å². The zero-order valence-electron chi connectivity index (χ0n) is 12.3. The summed E-state index contributed by atoms with van der Waals surface area (Å²) >= 11 is 3.39. The summed E-state index contributed by atoms with van der Waals surface area (Å²) in [5.41, 5.74) is 2.07. The third kappa shape index (κ3) is 5.10. The lowest BCUT2D eigenvalue weighted by atomic mass is 10.1. The summed E-state index contributed by atoms with van der Waals surface area (Å²) in [4.78, 5) is 14.5. The molecule has 0 atom stereocenters. The maximum Gasteiger partial charge on any atom is 0.164 e. The van der Waals surface area contributed by atoms with Crippen molar-refractivity contribution < 1.29 is 4.79 Å². The van der Waals surface area contributed by atoms with Crippen LogP contribution in [0.1, 0.15) is 29.3 Å². The van der Waals surface area contributed by atoms with Gasteiger partial charge in [-0.1, -0.05) is 65.3 Å². The van der Waals surface area contributed by atoms with Gasteiger partial charge in [0.1, 0.15) is 0 Å². The Hall–Kier alpha value is -1.45. The summed E-state index contributed by atoms with van der Waals surface area (Å²) in [5.74, 6) is 0.203. The third-order valence-corrected chi connectivity index (χ3v) is 4.05. The second-order valence-corrected chi connectivity index (χ2v) is 5.95. The molecule has 0 radical (unpaired) electrons. The number of hydrogen-bond donors (Lipinski definition) is 0. The van der Waals surface area contributed by atoms with Crippen LogP contribution in [0.2, 0.25) is 0 Å². The number of halogens is 1. The largest absolute Gasteiger partial charge is 0.299 e. The van der Waals surface area contributed by atoms with E-state index in [0.717, 1.165) is 29.7 Å². The molecule has 0 aromatic heterocycles. The number of rotatable bonds is 7. The molecule has 2 rings (SSSR count). The summed E-state index contributed by atoms with van der Waals surface area (Å²) in [6, 6.07) is 17.9. The van der Waals surface area contributed by atoms with Gasteiger partial charge in [0.15, 0.2) is 5.78 Å². The molecule has 0 bridgehead atoms. The summed E-state index contributed by atoms with van der Waals surface area (Å²) < 4.78 is 0.998. The van der Waals surface area contributed by atoms with Crippen molar-refractivity contribution in [2.75, 3.05) is 13.1 Å². The first-order valence-electron chi connectivity index (χ1n) is 7.24. The van der Waals surface area contributed by atoms with Gasteiger partial charge in [-0.05, 0) is 24.2 Å². The molecule has 2 aromatic carbocycles. The number of benzene rings is 2. The van der Waals surface area contributed by atoms with Gasteiger partial charge in [-0.2, -0.15) is 0 Å². The Kier molecular flexibility index (Phi) is 6.15. The quantitative estimate of drug-likeness (QED) is 0.686. The highest BCUT2D eigenvalue weighted by Crippen LogP contribution is 2.12. The number of carbonyl (C=O) groups excluding carboxylic acids is 1. The van der Waals surface area contributed by atoms with Crippen molar-refractivity contribution in [3.05, 3.63) is 70.2 Å². The summed E-state index contributed by atoms with van der Waals surface area (Å²) in [6.07, 6.45) is 0.558. The maximum atomic E-state index is 12.2. The highest BCUT2D eigenvalue weighted by Gasteiger charge is 2.09. The lowest BCUT2D eigenvalue weighted by Crippen LogP contribution is -2.25. The van der Waals surface area contributed by atoms with Gasteiger partial charge in [0.2, 0.25) is 0 Å². The van der Waals surface area contributed by atoms with Gasteiger partial charge in [-0.25, -0.2) is 0 Å². The maximum absolute atomic E-state index is 12.2. The molecule has 0 spiro atoms. The van der Waals surface area contributed by atoms with E-state index in [1.807, 2.05) is 30.3 Å². The van der Waals surface area contributed by atoms with E-state index in [2.05, 4.69) is 52.0 Å². The number of Topliss-reactive ketones (excluding diaryl/α,β-unsaturated/α-hetero) is 1. The molecule has 2 nitrogen and oxygen atoms in total. The second kappa shape index (κ2) is 8.11. The highest BCUT2D eigenvalue weighted by molar-refractivity contribution is 9.10. The minimum absolute atomic E-state index is 0.203. The minimum Gasteiger partial charge on any atom is -0.299 e. The number of carbonyl (C=O) groups is 1. The predicted molar refractivity (Wildman–Crippen MR) is 90.5 cm³/mol. The van der Waals surface area contributed by atoms with E-state index in [0.29, 0.717) is 6.42 Å². The lowest BCUT2D eigenvalue weighted by Gasteiger charge is -2.20. The summed E-state index contributed by atoms with van der Waals surface area (Å²) in [7, 11) is 0. The fourth-order valence-electron chi connectivity index (χ4n) is 2.23. The average molecular weight is 346 g/mol. The Bertz CT molecular complexity index is 566. The molecule has 0 fully saturated rings. The molecule has 2 aromatic rings. The molecule has 3 heteroatoms. The Labute approximate surface area is 134 Å². The van der Waals surface area contributed by atoms with Crippen molar-refractivity contribution in [2.24, 2.45) is 0 Å². The van der Waals surface area contributed by atoms with E-state index < -0.39 is 0 Å². The molecule has 0 aliphatic rings. The normalized spacial score (nSPS) is 10.8. The van der Waals surface area contributed by atoms with Crippen LogP contribution in [-0.4, -0.2) is 23.8 Å². The van der Waals surface area contributed by atoms with Crippen LogP contribution in [0.4, 0.5) is 0 Å². The zero-order chi connectivity index (χ0) is 15.1. The molecule has 0 heterocycles. The fraction of sp³-hybridized carbons (Fsp3) is 0.278. The first kappa shape index (κ1) is 15.9. The summed E-state index contributed by atoms with van der Waals surface area (Å²) in [6.45, 7) is 4.76. The van der Waals surface area contributed by atoms with Crippen LogP contribution >= 0.6 is 15.9 Å². The summed E-state index contributed by atoms with van der Waals surface area (Å²) in [5, 5.41) is 0. The van der Waals surface area contributed by atoms with Gasteiger partial charge in [0, 0.05) is 29.5 Å². The zero-order valence-corrected chi connectivity index (χ0v) is 13.8. The Balaban J connectivity index is 1.88. The van der Waals surface area contributed by atoms with E-state index in [1.54, 1.807) is 0 Å². The number of hydrogen-bond acceptors (Lipinski definition) is 2. The van der Waals surface area contributed by atoms with Crippen LogP contribution in [-0.2, 0) is 6.54 Å². The average Bonchev–Trinajstić information content (AvgIpc) is 2.52. The molecule has 0 saturated carbocycles. The molecular formula is C18H20BrNO. The van der Waals surface area contributed by atoms with Crippen molar-refractivity contribution in [3.8, 4) is 0 Å². The van der Waals surface area contributed by atoms with Crippen LogP contribution in [0.5, 0.6) is 0 Å². The second-order valence-electron chi connectivity index (χ2n) is 5.03. The van der Waals surface area contributed by atoms with Crippen LogP contribution in [0, 0.1) is 0 Å². The molecule has 21 heavy (non-hydrogen) atoms. The Morgan fingerprint density at radius 1 is 1.05 bits per heavy atom. The van der Waals surface area contributed by atoms with Crippen molar-refractivity contribution in [3.63, 3.8) is 0 Å². The smallest absolute Gasteiger partial charge is 0.164 e. The van der Waals surface area contributed by atoms with Gasteiger partial charge in [-0.15, -0.1) is 0 Å². The first-order valence-corrected chi connectivity index (χ1v) is 8.03. The molecule has 0 aliphatic heterocycles. The monoisotopic (exact) mass is 345 g/mol. The molecule has 110 valence electrons. The topological polar surface area (TPSA) is 20.3 Å². The molecule has 0 N–H and O–H groups in total. The van der Waals surface area contributed by atoms with Gasteiger partial charge in [0.05, 0.1) is 0 Å². The number of nitrogens with zero attached hydrogens (tertiary/aromatic N) is 1. The molecule has 0 aliphatic carbocycles. The van der Waals surface area contributed by atoms with Gasteiger partial charge in [0.25, 0.3) is 0 Å². The predicted octanol–water partition coefficient (Wildman–Crippen LogP) is 4.54. The van der Waals surface area contributed by atoms with Crippen molar-refractivity contribution in [1.82, 2.24) is 4.90 Å². The van der Waals surface area contributed by atoms with Gasteiger partial charge in [-0.3, -0.25) is 9.69 Å². The first-order chi connectivity index (χ1) is 10.2. The molecule has 0 amide bonds. The molecular weight excluding hydrogens is 326 g/mol. The Morgan fingerprint density at radius 2 is 1.71 bits per heavy atom. The van der Waals surface area contributed by atoms with Crippen LogP contribution < -0.4 is 0 Å². The van der Waals surface area contributed by atoms with Crippen molar-refractivity contribution in [1.29, 1.82) is 0 Å². The van der Waals surface area contributed by atoms with E-state index in [1.165, 1.54) is 5.56 Å². The van der Waals surface area contributed by atoms with Crippen molar-refractivity contribution >= 4 is 21.7 Å².